The van der Waals surface area contributed by atoms with Gasteiger partial charge in [0.25, 0.3) is 5.91 Å². The van der Waals surface area contributed by atoms with Gasteiger partial charge in [0.1, 0.15) is 5.82 Å². The molecule has 0 N–H and O–H groups in total. The highest BCUT2D eigenvalue weighted by Gasteiger charge is 2.17. The third-order valence-electron chi connectivity index (χ3n) is 2.28. The first-order chi connectivity index (χ1) is 8.08. The fourth-order valence-electron chi connectivity index (χ4n) is 1.40. The van der Waals surface area contributed by atoms with E-state index in [-0.39, 0.29) is 16.9 Å². The summed E-state index contributed by atoms with van der Waals surface area (Å²) < 4.78 is 18.0. The molecular weight excluding hydrogens is 245 g/mol. The Morgan fingerprint density at radius 3 is 2.71 bits per heavy atom. The van der Waals surface area contributed by atoms with E-state index in [1.165, 1.54) is 42.3 Å². The van der Waals surface area contributed by atoms with Gasteiger partial charge < -0.3 is 9.32 Å². The first-order valence-electron chi connectivity index (χ1n) is 4.87. The standard InChI is InChI=1S/C12H9ClFNO2/c1-15(9-4-2-3-8(14)7-9)12(16)10-5-6-11(13)17-10/h2-7H,1H3. The number of anilines is 1. The molecule has 1 aromatic carbocycles. The van der Waals surface area contributed by atoms with Crippen molar-refractivity contribution in [3.8, 4) is 0 Å². The quantitative estimate of drug-likeness (QED) is 0.822. The van der Waals surface area contributed by atoms with E-state index in [0.717, 1.165) is 0 Å². The van der Waals surface area contributed by atoms with E-state index in [1.54, 1.807) is 6.07 Å². The molecule has 1 amide bonds. The Labute approximate surface area is 102 Å². The minimum atomic E-state index is -0.403. The second kappa shape index (κ2) is 4.59. The second-order valence-electron chi connectivity index (χ2n) is 3.45. The minimum absolute atomic E-state index is 0.113. The van der Waals surface area contributed by atoms with Crippen molar-refractivity contribution in [1.82, 2.24) is 0 Å². The Bertz CT molecular complexity index is 553. The maximum Gasteiger partial charge on any atom is 0.293 e. The summed E-state index contributed by atoms with van der Waals surface area (Å²) in [5.41, 5.74) is 0.447. The fourth-order valence-corrected chi connectivity index (χ4v) is 1.54. The Hall–Kier alpha value is -1.81. The van der Waals surface area contributed by atoms with Crippen molar-refractivity contribution in [3.05, 3.63) is 53.2 Å². The van der Waals surface area contributed by atoms with Crippen molar-refractivity contribution >= 4 is 23.2 Å². The Balaban J connectivity index is 2.26. The van der Waals surface area contributed by atoms with Gasteiger partial charge in [0.05, 0.1) is 0 Å². The van der Waals surface area contributed by atoms with Crippen LogP contribution in [0.5, 0.6) is 0 Å². The molecule has 0 unspecified atom stereocenters. The van der Waals surface area contributed by atoms with Crippen molar-refractivity contribution in [1.29, 1.82) is 0 Å². The van der Waals surface area contributed by atoms with Crippen molar-refractivity contribution in [3.63, 3.8) is 0 Å². The molecule has 0 atom stereocenters. The van der Waals surface area contributed by atoms with Gasteiger partial charge >= 0.3 is 0 Å². The lowest BCUT2D eigenvalue weighted by Crippen LogP contribution is -2.25. The van der Waals surface area contributed by atoms with Gasteiger partial charge in [0.2, 0.25) is 0 Å². The Kier molecular flexibility index (Phi) is 3.15. The molecule has 0 bridgehead atoms. The molecular formula is C12H9ClFNO2. The van der Waals surface area contributed by atoms with Gasteiger partial charge in [-0.15, -0.1) is 0 Å². The van der Waals surface area contributed by atoms with Crippen molar-refractivity contribution in [2.45, 2.75) is 0 Å². The summed E-state index contributed by atoms with van der Waals surface area (Å²) in [7, 11) is 1.54. The molecule has 0 spiro atoms. The van der Waals surface area contributed by atoms with Crippen LogP contribution in [-0.2, 0) is 0 Å². The van der Waals surface area contributed by atoms with Gasteiger partial charge in [-0.1, -0.05) is 6.07 Å². The lowest BCUT2D eigenvalue weighted by molar-refractivity contribution is 0.0966. The number of rotatable bonds is 2. The van der Waals surface area contributed by atoms with Crippen LogP contribution in [0.1, 0.15) is 10.6 Å². The smallest absolute Gasteiger partial charge is 0.293 e. The third-order valence-corrected chi connectivity index (χ3v) is 2.49. The summed E-state index contributed by atoms with van der Waals surface area (Å²) in [6.07, 6.45) is 0. The minimum Gasteiger partial charge on any atom is -0.440 e. The predicted octanol–water partition coefficient (Wildman–Crippen LogP) is 3.35. The summed E-state index contributed by atoms with van der Waals surface area (Å²) in [6.45, 7) is 0. The van der Waals surface area contributed by atoms with E-state index in [4.69, 9.17) is 16.0 Å². The first kappa shape index (κ1) is 11.7. The number of nitrogens with zero attached hydrogens (tertiary/aromatic N) is 1. The van der Waals surface area contributed by atoms with Gasteiger partial charge in [-0.3, -0.25) is 4.79 Å². The number of halogens is 2. The van der Waals surface area contributed by atoms with Crippen LogP contribution in [-0.4, -0.2) is 13.0 Å². The molecule has 1 heterocycles. The normalized spacial score (nSPS) is 10.3. The monoisotopic (exact) mass is 253 g/mol. The van der Waals surface area contributed by atoms with E-state index >= 15 is 0 Å². The van der Waals surface area contributed by atoms with Crippen LogP contribution < -0.4 is 4.90 Å². The van der Waals surface area contributed by atoms with Crippen molar-refractivity contribution in [2.24, 2.45) is 0 Å². The molecule has 2 rings (SSSR count). The Morgan fingerprint density at radius 1 is 1.35 bits per heavy atom. The lowest BCUT2D eigenvalue weighted by Gasteiger charge is -2.15. The predicted molar refractivity (Wildman–Crippen MR) is 62.9 cm³/mol. The zero-order chi connectivity index (χ0) is 12.4. The van der Waals surface area contributed by atoms with E-state index in [1.807, 2.05) is 0 Å². The highest BCUT2D eigenvalue weighted by Crippen LogP contribution is 2.19. The van der Waals surface area contributed by atoms with E-state index < -0.39 is 5.82 Å². The Morgan fingerprint density at radius 2 is 2.12 bits per heavy atom. The largest absolute Gasteiger partial charge is 0.440 e. The van der Waals surface area contributed by atoms with Crippen LogP contribution >= 0.6 is 11.6 Å². The maximum absolute atomic E-state index is 13.0. The van der Waals surface area contributed by atoms with E-state index in [0.29, 0.717) is 5.69 Å². The second-order valence-corrected chi connectivity index (χ2v) is 3.82. The summed E-state index contributed by atoms with van der Waals surface area (Å²) in [5, 5.41) is 0.140. The van der Waals surface area contributed by atoms with Crippen LogP contribution in [0, 0.1) is 5.82 Å². The van der Waals surface area contributed by atoms with Gasteiger partial charge in [-0.25, -0.2) is 4.39 Å². The summed E-state index contributed by atoms with van der Waals surface area (Å²) in [6, 6.07) is 8.69. The van der Waals surface area contributed by atoms with Gasteiger partial charge in [-0.2, -0.15) is 0 Å². The maximum atomic E-state index is 13.0. The average molecular weight is 254 g/mol. The van der Waals surface area contributed by atoms with E-state index in [2.05, 4.69) is 0 Å². The molecule has 2 aromatic rings. The molecule has 5 heteroatoms. The zero-order valence-corrected chi connectivity index (χ0v) is 9.74. The lowest BCUT2D eigenvalue weighted by atomic mass is 10.2. The van der Waals surface area contributed by atoms with Crippen molar-refractivity contribution < 1.29 is 13.6 Å². The van der Waals surface area contributed by atoms with Crippen molar-refractivity contribution in [2.75, 3.05) is 11.9 Å². The molecule has 0 radical (unpaired) electrons. The first-order valence-corrected chi connectivity index (χ1v) is 5.24. The molecule has 0 aliphatic rings. The molecule has 0 aliphatic heterocycles. The number of hydrogen-bond acceptors (Lipinski definition) is 2. The SMILES string of the molecule is CN(C(=O)c1ccc(Cl)o1)c1cccc(F)c1. The fraction of sp³-hybridized carbons (Fsp3) is 0.0833. The van der Waals surface area contributed by atoms with Crippen LogP contribution in [0.3, 0.4) is 0 Å². The number of amides is 1. The zero-order valence-electron chi connectivity index (χ0n) is 8.98. The number of carbonyl (C=O) groups is 1. The number of hydrogen-bond donors (Lipinski definition) is 0. The molecule has 17 heavy (non-hydrogen) atoms. The topological polar surface area (TPSA) is 33.5 Å². The van der Waals surface area contributed by atoms with Gasteiger partial charge in [-0.05, 0) is 41.9 Å². The summed E-state index contributed by atoms with van der Waals surface area (Å²) in [5.74, 6) is -0.677. The number of furan rings is 1. The van der Waals surface area contributed by atoms with Crippen LogP contribution in [0.15, 0.2) is 40.8 Å². The molecule has 88 valence electrons. The van der Waals surface area contributed by atoms with Gasteiger partial charge in [0, 0.05) is 12.7 Å². The van der Waals surface area contributed by atoms with Crippen LogP contribution in [0.2, 0.25) is 5.22 Å². The molecule has 0 fully saturated rings. The molecule has 3 nitrogen and oxygen atoms in total. The van der Waals surface area contributed by atoms with Gasteiger partial charge in [0.15, 0.2) is 11.0 Å². The summed E-state index contributed by atoms with van der Waals surface area (Å²) in [4.78, 5) is 13.2. The van der Waals surface area contributed by atoms with E-state index in [9.17, 15) is 9.18 Å². The molecule has 1 aromatic heterocycles. The highest BCUT2D eigenvalue weighted by atomic mass is 35.5. The molecule has 0 aliphatic carbocycles. The molecule has 0 saturated heterocycles. The van der Waals surface area contributed by atoms with Crippen LogP contribution in [0.25, 0.3) is 0 Å². The average Bonchev–Trinajstić information content (AvgIpc) is 2.74. The molecule has 0 saturated carbocycles. The third kappa shape index (κ3) is 2.47. The number of benzene rings is 1. The highest BCUT2D eigenvalue weighted by molar-refractivity contribution is 6.29. The number of carbonyl (C=O) groups excluding carboxylic acids is 1. The van der Waals surface area contributed by atoms with Crippen LogP contribution in [0.4, 0.5) is 10.1 Å². The summed E-state index contributed by atoms with van der Waals surface area (Å²) >= 11 is 5.58.